The van der Waals surface area contributed by atoms with E-state index >= 15 is 0 Å². The molecule has 0 saturated carbocycles. The van der Waals surface area contributed by atoms with Crippen LogP contribution in [-0.4, -0.2) is 22.8 Å². The molecule has 2 rings (SSSR count). The number of para-hydroxylation sites is 1. The van der Waals surface area contributed by atoms with Crippen molar-refractivity contribution in [3.8, 4) is 5.75 Å². The Morgan fingerprint density at radius 2 is 1.72 bits per heavy atom. The van der Waals surface area contributed by atoms with Gasteiger partial charge in [0, 0.05) is 12.1 Å². The molecule has 0 fully saturated rings. The highest BCUT2D eigenvalue weighted by atomic mass is 16.6. The molecule has 0 aliphatic carbocycles. The fourth-order valence-corrected chi connectivity index (χ4v) is 1.95. The lowest BCUT2D eigenvalue weighted by Gasteiger charge is -2.15. The molecule has 0 saturated heterocycles. The number of amides is 2. The van der Waals surface area contributed by atoms with Crippen molar-refractivity contribution in [1.82, 2.24) is 10.9 Å². The zero-order valence-corrected chi connectivity index (χ0v) is 13.5. The molecule has 1 atom stereocenters. The Kier molecular flexibility index (Phi) is 6.05. The Morgan fingerprint density at radius 3 is 2.32 bits per heavy atom. The molecule has 0 bridgehead atoms. The van der Waals surface area contributed by atoms with Gasteiger partial charge in [-0.05, 0) is 24.6 Å². The minimum atomic E-state index is -0.790. The van der Waals surface area contributed by atoms with Gasteiger partial charge < -0.3 is 4.74 Å². The van der Waals surface area contributed by atoms with E-state index in [1.165, 1.54) is 24.3 Å². The summed E-state index contributed by atoms with van der Waals surface area (Å²) in [6.45, 7) is 1.56. The van der Waals surface area contributed by atoms with Crippen LogP contribution in [0.15, 0.2) is 54.6 Å². The van der Waals surface area contributed by atoms with Crippen LogP contribution in [0.5, 0.6) is 5.75 Å². The van der Waals surface area contributed by atoms with E-state index in [9.17, 15) is 19.7 Å². The maximum absolute atomic E-state index is 11.9. The zero-order chi connectivity index (χ0) is 18.2. The summed E-state index contributed by atoms with van der Waals surface area (Å²) in [5.74, 6) is -0.405. The van der Waals surface area contributed by atoms with Crippen molar-refractivity contribution in [3.63, 3.8) is 0 Å². The number of non-ortho nitro benzene ring substituents is 1. The van der Waals surface area contributed by atoms with E-state index in [0.717, 1.165) is 0 Å². The number of nitro groups is 1. The molecular weight excluding hydrogens is 326 g/mol. The summed E-state index contributed by atoms with van der Waals surface area (Å²) < 4.78 is 5.44. The Labute approximate surface area is 143 Å². The van der Waals surface area contributed by atoms with Gasteiger partial charge in [-0.3, -0.25) is 30.6 Å². The maximum atomic E-state index is 11.9. The molecule has 8 nitrogen and oxygen atoms in total. The second-order valence-corrected chi connectivity index (χ2v) is 5.21. The topological polar surface area (TPSA) is 111 Å². The van der Waals surface area contributed by atoms with Crippen molar-refractivity contribution in [1.29, 1.82) is 0 Å². The van der Waals surface area contributed by atoms with Gasteiger partial charge in [0.25, 0.3) is 11.6 Å². The molecule has 0 aliphatic heterocycles. The number of carbonyl (C=O) groups is 2. The van der Waals surface area contributed by atoms with E-state index in [4.69, 9.17) is 4.74 Å². The number of carbonyl (C=O) groups excluding carboxylic acids is 2. The molecule has 0 aliphatic rings. The Balaban J connectivity index is 1.78. The highest BCUT2D eigenvalue weighted by molar-refractivity contribution is 5.85. The normalized spacial score (nSPS) is 11.2. The van der Waals surface area contributed by atoms with Gasteiger partial charge >= 0.3 is 0 Å². The summed E-state index contributed by atoms with van der Waals surface area (Å²) in [7, 11) is 0. The third-order valence-corrected chi connectivity index (χ3v) is 3.26. The van der Waals surface area contributed by atoms with Gasteiger partial charge in [0.1, 0.15) is 5.75 Å². The van der Waals surface area contributed by atoms with Gasteiger partial charge in [0.2, 0.25) is 5.91 Å². The summed E-state index contributed by atoms with van der Waals surface area (Å²) in [6.07, 6.45) is -0.811. The van der Waals surface area contributed by atoms with Crippen LogP contribution in [0.2, 0.25) is 0 Å². The summed E-state index contributed by atoms with van der Waals surface area (Å²) in [5, 5.41) is 10.6. The number of nitrogens with zero attached hydrogens (tertiary/aromatic N) is 1. The molecule has 2 amide bonds. The maximum Gasteiger partial charge on any atom is 0.279 e. The van der Waals surface area contributed by atoms with Gasteiger partial charge in [-0.1, -0.05) is 30.3 Å². The Hall–Kier alpha value is -3.42. The third-order valence-electron chi connectivity index (χ3n) is 3.26. The average molecular weight is 343 g/mol. The predicted octanol–water partition coefficient (Wildman–Crippen LogP) is 1.75. The van der Waals surface area contributed by atoms with Crippen molar-refractivity contribution in [2.75, 3.05) is 0 Å². The van der Waals surface area contributed by atoms with Crippen LogP contribution in [0, 0.1) is 10.1 Å². The first kappa shape index (κ1) is 17.9. The summed E-state index contributed by atoms with van der Waals surface area (Å²) in [5.41, 5.74) is 5.10. The largest absolute Gasteiger partial charge is 0.481 e. The average Bonchev–Trinajstić information content (AvgIpc) is 2.61. The van der Waals surface area contributed by atoms with Crippen LogP contribution in [0.25, 0.3) is 0 Å². The van der Waals surface area contributed by atoms with Crippen molar-refractivity contribution >= 4 is 17.5 Å². The molecule has 8 heteroatoms. The van der Waals surface area contributed by atoms with Gasteiger partial charge in [0.15, 0.2) is 6.10 Å². The van der Waals surface area contributed by atoms with E-state index in [1.807, 2.05) is 6.07 Å². The predicted molar refractivity (Wildman–Crippen MR) is 89.6 cm³/mol. The van der Waals surface area contributed by atoms with Crippen LogP contribution in [0.4, 0.5) is 5.69 Å². The number of nitro benzene ring substituents is 1. The fraction of sp³-hybridized carbons (Fsp3) is 0.176. The van der Waals surface area contributed by atoms with Crippen molar-refractivity contribution in [2.24, 2.45) is 0 Å². The fourth-order valence-electron chi connectivity index (χ4n) is 1.95. The molecule has 0 aromatic heterocycles. The number of hydrogen-bond donors (Lipinski definition) is 2. The number of rotatable bonds is 6. The van der Waals surface area contributed by atoms with Crippen LogP contribution in [0.3, 0.4) is 0 Å². The highest BCUT2D eigenvalue weighted by Crippen LogP contribution is 2.12. The third kappa shape index (κ3) is 5.61. The number of hydrazine groups is 1. The summed E-state index contributed by atoms with van der Waals surface area (Å²) in [6, 6.07) is 14.4. The van der Waals surface area contributed by atoms with Crippen molar-refractivity contribution < 1.29 is 19.2 Å². The van der Waals surface area contributed by atoms with E-state index in [0.29, 0.717) is 11.3 Å². The standard InChI is InChI=1S/C17H17N3O5/c1-12(25-15-5-3-2-4-6-15)17(22)19-18-16(21)11-13-7-9-14(10-8-13)20(23)24/h2-10,12H,11H2,1H3,(H,18,21)(H,19,22). The molecule has 130 valence electrons. The van der Waals surface area contributed by atoms with Gasteiger partial charge in [-0.25, -0.2) is 0 Å². The van der Waals surface area contributed by atoms with E-state index in [2.05, 4.69) is 10.9 Å². The molecule has 0 radical (unpaired) electrons. The molecule has 2 aromatic rings. The van der Waals surface area contributed by atoms with E-state index < -0.39 is 22.8 Å². The Morgan fingerprint density at radius 1 is 1.08 bits per heavy atom. The molecular formula is C17H17N3O5. The van der Waals surface area contributed by atoms with Crippen LogP contribution in [-0.2, 0) is 16.0 Å². The van der Waals surface area contributed by atoms with E-state index in [1.54, 1.807) is 31.2 Å². The minimum absolute atomic E-state index is 0.0216. The summed E-state index contributed by atoms with van der Waals surface area (Å²) in [4.78, 5) is 33.8. The van der Waals surface area contributed by atoms with E-state index in [-0.39, 0.29) is 12.1 Å². The number of benzene rings is 2. The van der Waals surface area contributed by atoms with Crippen LogP contribution in [0.1, 0.15) is 12.5 Å². The lowest BCUT2D eigenvalue weighted by molar-refractivity contribution is -0.384. The van der Waals surface area contributed by atoms with Crippen molar-refractivity contribution in [2.45, 2.75) is 19.4 Å². The smallest absolute Gasteiger partial charge is 0.279 e. The number of nitrogens with one attached hydrogen (secondary N) is 2. The molecule has 25 heavy (non-hydrogen) atoms. The second kappa shape index (κ2) is 8.44. The summed E-state index contributed by atoms with van der Waals surface area (Å²) >= 11 is 0. The van der Waals surface area contributed by atoms with Crippen molar-refractivity contribution in [3.05, 3.63) is 70.3 Å². The van der Waals surface area contributed by atoms with Gasteiger partial charge in [0.05, 0.1) is 11.3 Å². The molecule has 1 unspecified atom stereocenters. The lowest BCUT2D eigenvalue weighted by atomic mass is 10.1. The van der Waals surface area contributed by atoms with Crippen LogP contribution < -0.4 is 15.6 Å². The first-order valence-corrected chi connectivity index (χ1v) is 7.49. The molecule has 0 spiro atoms. The molecule has 2 aromatic carbocycles. The quantitative estimate of drug-likeness (QED) is 0.613. The minimum Gasteiger partial charge on any atom is -0.481 e. The zero-order valence-electron chi connectivity index (χ0n) is 13.5. The van der Waals surface area contributed by atoms with Gasteiger partial charge in [-0.15, -0.1) is 0 Å². The van der Waals surface area contributed by atoms with Crippen LogP contribution >= 0.6 is 0 Å². The number of ether oxygens (including phenoxy) is 1. The lowest BCUT2D eigenvalue weighted by Crippen LogP contribution is -2.47. The second-order valence-electron chi connectivity index (χ2n) is 5.21. The highest BCUT2D eigenvalue weighted by Gasteiger charge is 2.15. The Bertz CT molecular complexity index is 747. The van der Waals surface area contributed by atoms with Gasteiger partial charge in [-0.2, -0.15) is 0 Å². The monoisotopic (exact) mass is 343 g/mol. The first-order valence-electron chi connectivity index (χ1n) is 7.49. The molecule has 0 heterocycles. The number of hydrogen-bond acceptors (Lipinski definition) is 5. The molecule has 2 N–H and O–H groups in total. The SMILES string of the molecule is CC(Oc1ccccc1)C(=O)NNC(=O)Cc1ccc([N+](=O)[O-])cc1. The first-order chi connectivity index (χ1) is 12.0.